The van der Waals surface area contributed by atoms with Crippen molar-refractivity contribution in [1.82, 2.24) is 0 Å². The minimum atomic E-state index is -0.334. The van der Waals surface area contributed by atoms with E-state index in [9.17, 15) is 0 Å². The number of anilines is 4. The third kappa shape index (κ3) is 6.02. The molecule has 0 fully saturated rings. The molecule has 3 atom stereocenters. The first-order chi connectivity index (χ1) is 35.4. The second kappa shape index (κ2) is 15.9. The van der Waals surface area contributed by atoms with Crippen molar-refractivity contribution in [2.24, 2.45) is 11.8 Å². The van der Waals surface area contributed by atoms with Gasteiger partial charge in [0.1, 0.15) is 0 Å². The predicted octanol–water partition coefficient (Wildman–Crippen LogP) is 17.1. The number of rotatable bonds is 4. The van der Waals surface area contributed by atoms with Gasteiger partial charge in [0, 0.05) is 46.0 Å². The Balaban J connectivity index is 0.799. The number of nitrogens with zero attached hydrogens (tertiary/aromatic N) is 2. The van der Waals surface area contributed by atoms with E-state index in [4.69, 9.17) is 0 Å². The molecule has 7 aromatic rings. The van der Waals surface area contributed by atoms with Crippen LogP contribution in [0.3, 0.4) is 0 Å². The molecule has 15 rings (SSSR count). The summed E-state index contributed by atoms with van der Waals surface area (Å²) < 4.78 is 0. The largest absolute Gasteiger partial charge is 0.314 e. The number of hydrogen-bond acceptors (Lipinski definition) is 2. The van der Waals surface area contributed by atoms with Crippen LogP contribution in [0.5, 0.6) is 0 Å². The first-order valence-corrected chi connectivity index (χ1v) is 26.7. The summed E-state index contributed by atoms with van der Waals surface area (Å²) in [5.41, 5.74) is 28.9. The summed E-state index contributed by atoms with van der Waals surface area (Å²) in [5.74, 6) is 0.855. The minimum Gasteiger partial charge on any atom is -0.314 e. The van der Waals surface area contributed by atoms with Crippen molar-refractivity contribution in [3.8, 4) is 11.1 Å². The van der Waals surface area contributed by atoms with Crippen LogP contribution in [0.1, 0.15) is 101 Å². The van der Waals surface area contributed by atoms with Crippen molar-refractivity contribution in [1.29, 1.82) is 0 Å². The van der Waals surface area contributed by atoms with Crippen LogP contribution < -0.4 is 9.80 Å². The second-order valence-electron chi connectivity index (χ2n) is 22.1. The Hall–Kier alpha value is -7.68. The molecular formula is C70H58N2. The van der Waals surface area contributed by atoms with E-state index >= 15 is 0 Å². The third-order valence-corrected chi connectivity index (χ3v) is 18.3. The number of benzene rings is 7. The van der Waals surface area contributed by atoms with Gasteiger partial charge < -0.3 is 9.80 Å². The van der Waals surface area contributed by atoms with Crippen molar-refractivity contribution >= 4 is 34.4 Å². The zero-order valence-electron chi connectivity index (χ0n) is 41.3. The Morgan fingerprint density at radius 3 is 1.92 bits per heavy atom. The highest BCUT2D eigenvalue weighted by molar-refractivity contribution is 5.88. The fourth-order valence-electron chi connectivity index (χ4n) is 14.9. The number of hydrogen-bond donors (Lipinski definition) is 0. The Kier molecular flexibility index (Phi) is 9.29. The van der Waals surface area contributed by atoms with Gasteiger partial charge in [0.05, 0.1) is 5.41 Å². The van der Waals surface area contributed by atoms with Gasteiger partial charge in [-0.3, -0.25) is 0 Å². The first kappa shape index (κ1) is 42.0. The predicted molar refractivity (Wildman–Crippen MR) is 299 cm³/mol. The highest BCUT2D eigenvalue weighted by atomic mass is 15.2. The van der Waals surface area contributed by atoms with Crippen LogP contribution in [-0.4, -0.2) is 0 Å². The normalized spacial score (nSPS) is 22.0. The van der Waals surface area contributed by atoms with E-state index in [1.165, 1.54) is 118 Å². The Labute approximate surface area is 425 Å². The molecule has 0 saturated heterocycles. The quantitative estimate of drug-likeness (QED) is 0.174. The molecule has 8 aliphatic rings. The Bertz CT molecular complexity index is 3600. The number of aryl methyl sites for hydroxylation is 3. The molecule has 3 unspecified atom stereocenters. The summed E-state index contributed by atoms with van der Waals surface area (Å²) in [6.07, 6.45) is 29.6. The van der Waals surface area contributed by atoms with Crippen molar-refractivity contribution in [3.63, 3.8) is 0 Å². The van der Waals surface area contributed by atoms with Crippen molar-refractivity contribution in [3.05, 3.63) is 285 Å². The molecule has 0 amide bonds. The molecule has 6 aliphatic carbocycles. The van der Waals surface area contributed by atoms with Gasteiger partial charge in [0.25, 0.3) is 0 Å². The van der Waals surface area contributed by atoms with E-state index in [1.807, 2.05) is 0 Å². The summed E-state index contributed by atoms with van der Waals surface area (Å²) in [6.45, 7) is 4.97. The fourth-order valence-corrected chi connectivity index (χ4v) is 14.9. The molecule has 0 bridgehead atoms. The summed E-state index contributed by atoms with van der Waals surface area (Å²) in [6, 6.07) is 60.5. The zero-order valence-corrected chi connectivity index (χ0v) is 41.3. The molecule has 2 heteroatoms. The lowest BCUT2D eigenvalue weighted by atomic mass is 9.65. The topological polar surface area (TPSA) is 6.48 Å². The minimum absolute atomic E-state index is 0.0317. The molecule has 7 aromatic carbocycles. The van der Waals surface area contributed by atoms with Gasteiger partial charge in [0.2, 0.25) is 0 Å². The van der Waals surface area contributed by atoms with E-state index in [-0.39, 0.29) is 22.7 Å². The van der Waals surface area contributed by atoms with Crippen molar-refractivity contribution in [2.75, 3.05) is 9.80 Å². The zero-order chi connectivity index (χ0) is 47.7. The van der Waals surface area contributed by atoms with E-state index in [2.05, 4.69) is 236 Å². The molecule has 2 nitrogen and oxygen atoms in total. The van der Waals surface area contributed by atoms with Crippen molar-refractivity contribution in [2.45, 2.75) is 75.5 Å². The molecule has 2 heterocycles. The average Bonchev–Trinajstić information content (AvgIpc) is 3.84. The van der Waals surface area contributed by atoms with Gasteiger partial charge >= 0.3 is 0 Å². The highest BCUT2D eigenvalue weighted by Gasteiger charge is 2.57. The van der Waals surface area contributed by atoms with E-state index < -0.39 is 0 Å². The maximum atomic E-state index is 2.69. The average molecular weight is 927 g/mol. The fraction of sp³-hybridized carbons (Fsp3) is 0.200. The van der Waals surface area contributed by atoms with Gasteiger partial charge in [-0.2, -0.15) is 0 Å². The number of fused-ring (bicyclic) bond motifs is 16. The van der Waals surface area contributed by atoms with Crippen LogP contribution in [-0.2, 0) is 30.1 Å². The highest BCUT2D eigenvalue weighted by Crippen LogP contribution is 2.66. The lowest BCUT2D eigenvalue weighted by molar-refractivity contribution is 0.410. The molecule has 1 spiro atoms. The van der Waals surface area contributed by atoms with Crippen LogP contribution in [0.4, 0.5) is 22.7 Å². The maximum Gasteiger partial charge on any atom is 0.0538 e. The monoisotopic (exact) mass is 926 g/mol. The summed E-state index contributed by atoms with van der Waals surface area (Å²) >= 11 is 0. The van der Waals surface area contributed by atoms with Gasteiger partial charge in [-0.05, 0) is 176 Å². The smallest absolute Gasteiger partial charge is 0.0538 e. The maximum absolute atomic E-state index is 2.69. The summed E-state index contributed by atoms with van der Waals surface area (Å²) in [4.78, 5) is 5.18. The van der Waals surface area contributed by atoms with E-state index in [0.717, 1.165) is 44.9 Å². The van der Waals surface area contributed by atoms with Crippen molar-refractivity contribution < 1.29 is 0 Å². The standard InChI is InChI=1S/C70H58N2/c1-69(2)61-41-45(29-37-55(61)56-39-35-51(43-62(56)69)71-65-23-11-3-15-47(65)31-32-48-16-4-12-24-66(48)71)27-28-46-30-38-57-58-40-36-52(72-67-25-13-5-17-49(67)33-34-50-18-6-14-26-68(50)72)44-64(58)70(63(57)42-46)59-21-9-7-19-53(59)54-20-8-10-22-60(54)70/h3-13,15-25,27-30,35-40,42-44,58,61,64H,14,26,31-34,41H2,1-2H3/b28-27+. The molecule has 0 saturated carbocycles. The Morgan fingerprint density at radius 1 is 0.542 bits per heavy atom. The molecule has 2 aliphatic heterocycles. The van der Waals surface area contributed by atoms with Crippen LogP contribution in [0, 0.1) is 11.8 Å². The summed E-state index contributed by atoms with van der Waals surface area (Å²) in [7, 11) is 0. The number of allylic oxidation sites excluding steroid dienone is 12. The number of para-hydroxylation sites is 3. The molecule has 0 radical (unpaired) electrons. The molecule has 0 aromatic heterocycles. The molecule has 348 valence electrons. The van der Waals surface area contributed by atoms with Crippen LogP contribution in [0.2, 0.25) is 0 Å². The Morgan fingerprint density at radius 2 is 1.19 bits per heavy atom. The van der Waals surface area contributed by atoms with E-state index in [1.54, 1.807) is 0 Å². The second-order valence-corrected chi connectivity index (χ2v) is 22.1. The lowest BCUT2D eigenvalue weighted by Crippen LogP contribution is -2.35. The van der Waals surface area contributed by atoms with Gasteiger partial charge in [0.15, 0.2) is 0 Å². The van der Waals surface area contributed by atoms with E-state index in [0.29, 0.717) is 5.92 Å². The molecular weight excluding hydrogens is 869 g/mol. The van der Waals surface area contributed by atoms with Gasteiger partial charge in [-0.15, -0.1) is 0 Å². The SMILES string of the molecule is CC1(C)c2cc(N3c4ccccc4CCc4ccccc43)ccc2C2=CC=C(/C=C/c3ccc4c(c3)C3(c5ccccc5-c5ccccc53)C3C=C(N5C6=C(C=CCC6)CCc6ccccc65)C=CC43)CC21. The van der Waals surface area contributed by atoms with Crippen LogP contribution in [0.25, 0.3) is 22.8 Å². The molecule has 72 heavy (non-hydrogen) atoms. The molecule has 0 N–H and O–H groups in total. The van der Waals surface area contributed by atoms with Gasteiger partial charge in [-0.1, -0.05) is 190 Å². The van der Waals surface area contributed by atoms with Gasteiger partial charge in [-0.25, -0.2) is 0 Å². The lowest BCUT2D eigenvalue weighted by Gasteiger charge is -2.39. The van der Waals surface area contributed by atoms with Crippen LogP contribution >= 0.6 is 0 Å². The summed E-state index contributed by atoms with van der Waals surface area (Å²) in [5, 5.41) is 0. The first-order valence-electron chi connectivity index (χ1n) is 26.7. The third-order valence-electron chi connectivity index (χ3n) is 18.3. The van der Waals surface area contributed by atoms with Crippen LogP contribution in [0.15, 0.2) is 229 Å².